The van der Waals surface area contributed by atoms with Crippen molar-refractivity contribution in [1.82, 2.24) is 20.3 Å². The molecule has 0 bridgehead atoms. The first-order valence-corrected chi connectivity index (χ1v) is 7.17. The highest BCUT2D eigenvalue weighted by Gasteiger charge is 2.03. The normalized spacial score (nSPS) is 10.8. The fourth-order valence-corrected chi connectivity index (χ4v) is 1.90. The molecule has 1 heterocycles. The molecule has 1 N–H and O–H groups in total. The van der Waals surface area contributed by atoms with Gasteiger partial charge in [0, 0.05) is 18.8 Å². The summed E-state index contributed by atoms with van der Waals surface area (Å²) in [5.74, 6) is 0.278. The van der Waals surface area contributed by atoms with E-state index < -0.39 is 0 Å². The molecule has 1 aromatic carbocycles. The van der Waals surface area contributed by atoms with Crippen molar-refractivity contribution in [2.45, 2.75) is 33.4 Å². The molecule has 0 radical (unpaired) electrons. The molecule has 5 nitrogen and oxygen atoms in total. The zero-order chi connectivity index (χ0) is 15.1. The summed E-state index contributed by atoms with van der Waals surface area (Å²) >= 11 is 0. The van der Waals surface area contributed by atoms with Crippen LogP contribution in [0, 0.1) is 12.7 Å². The lowest BCUT2D eigenvalue weighted by Gasteiger charge is -2.08. The first-order valence-electron chi connectivity index (χ1n) is 7.17. The van der Waals surface area contributed by atoms with E-state index in [0.29, 0.717) is 18.9 Å². The van der Waals surface area contributed by atoms with Crippen LogP contribution in [0.1, 0.15) is 24.6 Å². The van der Waals surface area contributed by atoms with Gasteiger partial charge in [0.05, 0.1) is 12.2 Å². The van der Waals surface area contributed by atoms with E-state index in [9.17, 15) is 4.39 Å². The highest BCUT2D eigenvalue weighted by Crippen LogP contribution is 2.18. The van der Waals surface area contributed by atoms with Gasteiger partial charge in [-0.05, 0) is 31.5 Å². The van der Waals surface area contributed by atoms with Crippen LogP contribution in [0.25, 0.3) is 0 Å². The number of ether oxygens (including phenoxy) is 1. The van der Waals surface area contributed by atoms with Crippen LogP contribution in [0.5, 0.6) is 5.75 Å². The standard InChI is InChI=1S/C15H21FN4O/c1-3-6-17-10-14-11-20(19-18-14)7-8-21-15-9-13(16)5-4-12(15)2/h4-5,9,11,17H,3,6-8,10H2,1-2H3. The third-order valence-electron chi connectivity index (χ3n) is 3.05. The largest absolute Gasteiger partial charge is 0.491 e. The fraction of sp³-hybridized carbons (Fsp3) is 0.467. The van der Waals surface area contributed by atoms with Gasteiger partial charge in [0.25, 0.3) is 0 Å². The van der Waals surface area contributed by atoms with Crippen LogP contribution in [0.4, 0.5) is 4.39 Å². The zero-order valence-electron chi connectivity index (χ0n) is 12.5. The molecule has 0 spiro atoms. The molecule has 1 aromatic heterocycles. The van der Waals surface area contributed by atoms with Crippen molar-refractivity contribution >= 4 is 0 Å². The molecule has 0 unspecified atom stereocenters. The third-order valence-corrected chi connectivity index (χ3v) is 3.05. The molecule has 0 amide bonds. The van der Waals surface area contributed by atoms with Crippen molar-refractivity contribution in [2.75, 3.05) is 13.2 Å². The maximum absolute atomic E-state index is 13.1. The van der Waals surface area contributed by atoms with Crippen molar-refractivity contribution in [2.24, 2.45) is 0 Å². The summed E-state index contributed by atoms with van der Waals surface area (Å²) in [6.45, 7) is 6.70. The number of hydrogen-bond acceptors (Lipinski definition) is 4. The van der Waals surface area contributed by atoms with Gasteiger partial charge in [-0.3, -0.25) is 0 Å². The molecule has 0 aliphatic heterocycles. The van der Waals surface area contributed by atoms with E-state index in [4.69, 9.17) is 4.74 Å². The molecule has 0 saturated heterocycles. The second kappa shape index (κ2) is 7.73. The van der Waals surface area contributed by atoms with Crippen molar-refractivity contribution in [3.8, 4) is 5.75 Å². The third kappa shape index (κ3) is 4.82. The van der Waals surface area contributed by atoms with Crippen molar-refractivity contribution in [3.05, 3.63) is 41.5 Å². The number of aromatic nitrogens is 3. The zero-order valence-corrected chi connectivity index (χ0v) is 12.5. The monoisotopic (exact) mass is 292 g/mol. The van der Waals surface area contributed by atoms with Crippen LogP contribution in [0.3, 0.4) is 0 Å². The van der Waals surface area contributed by atoms with E-state index >= 15 is 0 Å². The molecule has 21 heavy (non-hydrogen) atoms. The van der Waals surface area contributed by atoms with Crippen molar-refractivity contribution in [1.29, 1.82) is 0 Å². The molecule has 114 valence electrons. The number of hydrogen-bond donors (Lipinski definition) is 1. The summed E-state index contributed by atoms with van der Waals surface area (Å²) in [5, 5.41) is 11.4. The Morgan fingerprint density at radius 1 is 1.38 bits per heavy atom. The molecule has 0 fully saturated rings. The van der Waals surface area contributed by atoms with E-state index in [2.05, 4.69) is 22.6 Å². The van der Waals surface area contributed by atoms with Gasteiger partial charge in [0.15, 0.2) is 0 Å². The van der Waals surface area contributed by atoms with Crippen LogP contribution in [-0.4, -0.2) is 28.1 Å². The van der Waals surface area contributed by atoms with E-state index in [1.807, 2.05) is 13.1 Å². The van der Waals surface area contributed by atoms with E-state index in [0.717, 1.165) is 30.8 Å². The molecule has 2 rings (SSSR count). The number of nitrogens with zero attached hydrogens (tertiary/aromatic N) is 3. The van der Waals surface area contributed by atoms with Gasteiger partial charge in [-0.2, -0.15) is 0 Å². The van der Waals surface area contributed by atoms with Gasteiger partial charge < -0.3 is 10.1 Å². The summed E-state index contributed by atoms with van der Waals surface area (Å²) < 4.78 is 20.5. The molecule has 0 saturated carbocycles. The van der Waals surface area contributed by atoms with Gasteiger partial charge in [0.2, 0.25) is 0 Å². The minimum Gasteiger partial charge on any atom is -0.491 e. The Bertz CT molecular complexity index is 571. The number of rotatable bonds is 8. The first kappa shape index (κ1) is 15.4. The van der Waals surface area contributed by atoms with Gasteiger partial charge in [0.1, 0.15) is 18.2 Å². The van der Waals surface area contributed by atoms with E-state index in [-0.39, 0.29) is 5.82 Å². The summed E-state index contributed by atoms with van der Waals surface area (Å²) in [4.78, 5) is 0. The van der Waals surface area contributed by atoms with Crippen LogP contribution < -0.4 is 10.1 Å². The first-order chi connectivity index (χ1) is 10.2. The Kier molecular flexibility index (Phi) is 5.68. The van der Waals surface area contributed by atoms with Crippen molar-refractivity contribution in [3.63, 3.8) is 0 Å². The fourth-order valence-electron chi connectivity index (χ4n) is 1.90. The number of aryl methyl sites for hydroxylation is 1. The topological polar surface area (TPSA) is 52.0 Å². The molecule has 0 aliphatic rings. The summed E-state index contributed by atoms with van der Waals surface area (Å²) in [6, 6.07) is 4.53. The van der Waals surface area contributed by atoms with Gasteiger partial charge in [-0.1, -0.05) is 18.2 Å². The van der Waals surface area contributed by atoms with Gasteiger partial charge >= 0.3 is 0 Å². The molecule has 2 aromatic rings. The van der Waals surface area contributed by atoms with Crippen LogP contribution in [0.2, 0.25) is 0 Å². The average Bonchev–Trinajstić information content (AvgIpc) is 2.91. The van der Waals surface area contributed by atoms with Crippen molar-refractivity contribution < 1.29 is 9.13 Å². The number of halogens is 1. The Hall–Kier alpha value is -1.95. The van der Waals surface area contributed by atoms with Crippen LogP contribution >= 0.6 is 0 Å². The summed E-state index contributed by atoms with van der Waals surface area (Å²) in [5.41, 5.74) is 1.82. The smallest absolute Gasteiger partial charge is 0.126 e. The SMILES string of the molecule is CCCNCc1cn(CCOc2cc(F)ccc2C)nn1. The quantitative estimate of drug-likeness (QED) is 0.759. The lowest BCUT2D eigenvalue weighted by molar-refractivity contribution is 0.286. The average molecular weight is 292 g/mol. The minimum absolute atomic E-state index is 0.291. The molecular weight excluding hydrogens is 271 g/mol. The highest BCUT2D eigenvalue weighted by atomic mass is 19.1. The maximum atomic E-state index is 13.1. The maximum Gasteiger partial charge on any atom is 0.126 e. The van der Waals surface area contributed by atoms with Gasteiger partial charge in [-0.15, -0.1) is 5.10 Å². The van der Waals surface area contributed by atoms with E-state index in [1.165, 1.54) is 12.1 Å². The molecular formula is C15H21FN4O. The second-order valence-corrected chi connectivity index (χ2v) is 4.91. The summed E-state index contributed by atoms with van der Waals surface area (Å²) in [7, 11) is 0. The predicted octanol–water partition coefficient (Wildman–Crippen LogP) is 2.30. The second-order valence-electron chi connectivity index (χ2n) is 4.91. The Morgan fingerprint density at radius 2 is 2.24 bits per heavy atom. The lowest BCUT2D eigenvalue weighted by Crippen LogP contribution is -2.14. The van der Waals surface area contributed by atoms with Gasteiger partial charge in [-0.25, -0.2) is 9.07 Å². The minimum atomic E-state index is -0.291. The number of benzene rings is 1. The molecule has 6 heteroatoms. The Balaban J connectivity index is 1.79. The highest BCUT2D eigenvalue weighted by molar-refractivity contribution is 5.32. The Morgan fingerprint density at radius 3 is 3.05 bits per heavy atom. The van der Waals surface area contributed by atoms with Crippen LogP contribution in [0.15, 0.2) is 24.4 Å². The molecule has 0 aliphatic carbocycles. The van der Waals surface area contributed by atoms with Crippen LogP contribution in [-0.2, 0) is 13.1 Å². The number of nitrogens with one attached hydrogen (secondary N) is 1. The molecule has 0 atom stereocenters. The summed E-state index contributed by atoms with van der Waals surface area (Å²) in [6.07, 6.45) is 2.99. The predicted molar refractivity (Wildman–Crippen MR) is 78.7 cm³/mol. The van der Waals surface area contributed by atoms with E-state index in [1.54, 1.807) is 10.7 Å². The Labute approximate surface area is 124 Å². The lowest BCUT2D eigenvalue weighted by atomic mass is 10.2.